The molecular formula is C21H20ClN5O2S. The van der Waals surface area contributed by atoms with Gasteiger partial charge in [0.15, 0.2) is 0 Å². The van der Waals surface area contributed by atoms with Gasteiger partial charge in [-0.2, -0.15) is 4.37 Å². The smallest absolute Gasteiger partial charge is 0.267 e. The highest BCUT2D eigenvalue weighted by molar-refractivity contribution is 7.09. The second-order valence-corrected chi connectivity index (χ2v) is 8.10. The molecule has 3 aromatic rings. The van der Waals surface area contributed by atoms with Crippen molar-refractivity contribution in [3.05, 3.63) is 58.6 Å². The molecule has 7 nitrogen and oxygen atoms in total. The molecule has 0 aliphatic carbocycles. The van der Waals surface area contributed by atoms with Gasteiger partial charge < -0.3 is 15.1 Å². The summed E-state index contributed by atoms with van der Waals surface area (Å²) in [4.78, 5) is 33.7. The van der Waals surface area contributed by atoms with E-state index in [9.17, 15) is 9.59 Å². The summed E-state index contributed by atoms with van der Waals surface area (Å²) in [6.07, 6.45) is 1.66. The molecular weight excluding hydrogens is 422 g/mol. The van der Waals surface area contributed by atoms with E-state index >= 15 is 0 Å². The predicted molar refractivity (Wildman–Crippen MR) is 119 cm³/mol. The number of amides is 2. The largest absolute Gasteiger partial charge is 0.368 e. The summed E-state index contributed by atoms with van der Waals surface area (Å²) in [5.41, 5.74) is 2.64. The molecule has 0 saturated carbocycles. The first-order valence-corrected chi connectivity index (χ1v) is 10.7. The van der Waals surface area contributed by atoms with Gasteiger partial charge in [-0.25, -0.2) is 0 Å². The molecule has 3 heterocycles. The molecule has 1 fully saturated rings. The summed E-state index contributed by atoms with van der Waals surface area (Å²) >= 11 is 7.06. The van der Waals surface area contributed by atoms with E-state index in [0.717, 1.165) is 30.3 Å². The van der Waals surface area contributed by atoms with Crippen LogP contribution in [0.4, 0.5) is 11.4 Å². The summed E-state index contributed by atoms with van der Waals surface area (Å²) in [6, 6.07) is 13.2. The lowest BCUT2D eigenvalue weighted by Crippen LogP contribution is -2.48. The Morgan fingerprint density at radius 2 is 1.80 bits per heavy atom. The van der Waals surface area contributed by atoms with Gasteiger partial charge in [-0.3, -0.25) is 14.6 Å². The van der Waals surface area contributed by atoms with Crippen molar-refractivity contribution >= 4 is 46.3 Å². The Balaban J connectivity index is 1.53. The van der Waals surface area contributed by atoms with Crippen molar-refractivity contribution in [2.45, 2.75) is 6.92 Å². The van der Waals surface area contributed by atoms with Crippen LogP contribution in [0.2, 0.25) is 5.02 Å². The minimum Gasteiger partial charge on any atom is -0.368 e. The minimum absolute atomic E-state index is 0.130. The molecule has 0 spiro atoms. The molecule has 2 aromatic heterocycles. The standard InChI is InChI=1S/C21H20ClN5O2S/c1-14(28)24-19-18(17-4-2-3-9-23-17)25-30-20(19)21(29)27-12-10-26(11-13-27)16-7-5-15(22)6-8-16/h2-9H,10-13H2,1H3,(H,24,28). The van der Waals surface area contributed by atoms with Crippen molar-refractivity contribution < 1.29 is 9.59 Å². The van der Waals surface area contributed by atoms with Crippen LogP contribution < -0.4 is 10.2 Å². The number of hydrogen-bond acceptors (Lipinski definition) is 6. The van der Waals surface area contributed by atoms with Crippen molar-refractivity contribution in [2.75, 3.05) is 36.4 Å². The molecule has 1 saturated heterocycles. The first-order chi connectivity index (χ1) is 14.5. The highest BCUT2D eigenvalue weighted by Gasteiger charge is 2.28. The number of nitrogens with one attached hydrogen (secondary N) is 1. The molecule has 1 aliphatic heterocycles. The van der Waals surface area contributed by atoms with Gasteiger partial charge >= 0.3 is 0 Å². The van der Waals surface area contributed by atoms with Crippen LogP contribution in [0.5, 0.6) is 0 Å². The van der Waals surface area contributed by atoms with Crippen molar-refractivity contribution in [3.63, 3.8) is 0 Å². The molecule has 1 N–H and O–H groups in total. The number of carbonyl (C=O) groups excluding carboxylic acids is 2. The number of carbonyl (C=O) groups is 2. The number of nitrogens with zero attached hydrogens (tertiary/aromatic N) is 4. The Bertz CT molecular complexity index is 1050. The van der Waals surface area contributed by atoms with Crippen LogP contribution in [-0.4, -0.2) is 52.3 Å². The Labute approximate surface area is 183 Å². The van der Waals surface area contributed by atoms with E-state index in [1.807, 2.05) is 30.3 Å². The summed E-state index contributed by atoms with van der Waals surface area (Å²) in [7, 11) is 0. The van der Waals surface area contributed by atoms with Gasteiger partial charge in [0.1, 0.15) is 10.6 Å². The zero-order chi connectivity index (χ0) is 21.1. The van der Waals surface area contributed by atoms with E-state index in [4.69, 9.17) is 11.6 Å². The maximum atomic E-state index is 13.2. The van der Waals surface area contributed by atoms with Gasteiger partial charge in [0.05, 0.1) is 11.4 Å². The number of benzene rings is 1. The van der Waals surface area contributed by atoms with E-state index < -0.39 is 0 Å². The van der Waals surface area contributed by atoms with Crippen molar-refractivity contribution in [3.8, 4) is 11.4 Å². The average molecular weight is 442 g/mol. The fourth-order valence-corrected chi connectivity index (χ4v) is 4.31. The van der Waals surface area contributed by atoms with Crippen LogP contribution in [-0.2, 0) is 4.79 Å². The Kier molecular flexibility index (Phi) is 5.96. The van der Waals surface area contributed by atoms with Gasteiger partial charge in [-0.05, 0) is 47.9 Å². The van der Waals surface area contributed by atoms with E-state index in [1.165, 1.54) is 6.92 Å². The van der Waals surface area contributed by atoms with Gasteiger partial charge in [0.25, 0.3) is 5.91 Å². The molecule has 0 unspecified atom stereocenters. The average Bonchev–Trinajstić information content (AvgIpc) is 3.17. The lowest BCUT2D eigenvalue weighted by Gasteiger charge is -2.36. The molecule has 9 heteroatoms. The second-order valence-electron chi connectivity index (χ2n) is 6.89. The second kappa shape index (κ2) is 8.81. The highest BCUT2D eigenvalue weighted by Crippen LogP contribution is 2.33. The van der Waals surface area contributed by atoms with E-state index in [0.29, 0.717) is 40.1 Å². The molecule has 154 valence electrons. The first-order valence-electron chi connectivity index (χ1n) is 9.51. The van der Waals surface area contributed by atoms with Gasteiger partial charge in [0, 0.05) is 50.0 Å². The number of rotatable bonds is 4. The number of aromatic nitrogens is 2. The van der Waals surface area contributed by atoms with Gasteiger partial charge in [-0.1, -0.05) is 17.7 Å². The van der Waals surface area contributed by atoms with Gasteiger partial charge in [-0.15, -0.1) is 0 Å². The maximum absolute atomic E-state index is 13.2. The van der Waals surface area contributed by atoms with Gasteiger partial charge in [0.2, 0.25) is 5.91 Å². The highest BCUT2D eigenvalue weighted by atomic mass is 35.5. The maximum Gasteiger partial charge on any atom is 0.267 e. The zero-order valence-electron chi connectivity index (χ0n) is 16.3. The molecule has 0 radical (unpaired) electrons. The zero-order valence-corrected chi connectivity index (χ0v) is 17.9. The number of hydrogen-bond donors (Lipinski definition) is 1. The number of piperazine rings is 1. The van der Waals surface area contributed by atoms with Crippen LogP contribution in [0.1, 0.15) is 16.6 Å². The normalized spacial score (nSPS) is 13.9. The van der Waals surface area contributed by atoms with E-state index in [1.54, 1.807) is 23.2 Å². The quantitative estimate of drug-likeness (QED) is 0.666. The minimum atomic E-state index is -0.256. The lowest BCUT2D eigenvalue weighted by molar-refractivity contribution is -0.114. The fourth-order valence-electron chi connectivity index (χ4n) is 3.37. The van der Waals surface area contributed by atoms with Crippen molar-refractivity contribution in [1.82, 2.24) is 14.3 Å². The lowest BCUT2D eigenvalue weighted by atomic mass is 10.2. The van der Waals surface area contributed by atoms with Crippen molar-refractivity contribution in [1.29, 1.82) is 0 Å². The first kappa shape index (κ1) is 20.3. The van der Waals surface area contributed by atoms with E-state index in [2.05, 4.69) is 19.6 Å². The fraction of sp³-hybridized carbons (Fsp3) is 0.238. The van der Waals surface area contributed by atoms with Crippen LogP contribution in [0.25, 0.3) is 11.4 Å². The molecule has 0 bridgehead atoms. The molecule has 1 aromatic carbocycles. The summed E-state index contributed by atoms with van der Waals surface area (Å²) in [5.74, 6) is -0.386. The van der Waals surface area contributed by atoms with Crippen molar-refractivity contribution in [2.24, 2.45) is 0 Å². The third kappa shape index (κ3) is 4.29. The topological polar surface area (TPSA) is 78.4 Å². The molecule has 0 atom stereocenters. The molecule has 4 rings (SSSR count). The summed E-state index contributed by atoms with van der Waals surface area (Å²) in [6.45, 7) is 4.01. The van der Waals surface area contributed by atoms with Crippen LogP contribution in [0.15, 0.2) is 48.7 Å². The summed E-state index contributed by atoms with van der Waals surface area (Å²) < 4.78 is 4.42. The number of anilines is 2. The molecule has 2 amide bonds. The third-order valence-electron chi connectivity index (χ3n) is 4.85. The van der Waals surface area contributed by atoms with Crippen LogP contribution in [0.3, 0.4) is 0 Å². The predicted octanol–water partition coefficient (Wildman–Crippen LogP) is 3.78. The third-order valence-corrected chi connectivity index (χ3v) is 5.94. The Hall–Kier alpha value is -2.97. The van der Waals surface area contributed by atoms with Crippen LogP contribution >= 0.6 is 23.1 Å². The van der Waals surface area contributed by atoms with Crippen LogP contribution in [0, 0.1) is 0 Å². The molecule has 1 aliphatic rings. The summed E-state index contributed by atoms with van der Waals surface area (Å²) in [5, 5.41) is 3.48. The molecule has 30 heavy (non-hydrogen) atoms. The van der Waals surface area contributed by atoms with E-state index in [-0.39, 0.29) is 11.8 Å². The Morgan fingerprint density at radius 3 is 2.43 bits per heavy atom. The Morgan fingerprint density at radius 1 is 1.07 bits per heavy atom. The number of halogens is 1. The monoisotopic (exact) mass is 441 g/mol. The number of pyridine rings is 1. The SMILES string of the molecule is CC(=O)Nc1c(-c2ccccn2)nsc1C(=O)N1CCN(c2ccc(Cl)cc2)CC1.